The van der Waals surface area contributed by atoms with Gasteiger partial charge >= 0.3 is 0 Å². The number of nitrogens with one attached hydrogen (secondary N) is 1. The van der Waals surface area contributed by atoms with E-state index in [4.69, 9.17) is 4.74 Å². The van der Waals surface area contributed by atoms with E-state index in [0.29, 0.717) is 49.9 Å². The Labute approximate surface area is 190 Å². The van der Waals surface area contributed by atoms with Crippen molar-refractivity contribution < 1.29 is 17.9 Å². The number of carbonyl (C=O) groups excluding carboxylic acids is 1. The molecule has 32 heavy (non-hydrogen) atoms. The number of pyridine rings is 1. The molecule has 1 aliphatic heterocycles. The van der Waals surface area contributed by atoms with Gasteiger partial charge in [-0.15, -0.1) is 0 Å². The van der Waals surface area contributed by atoms with Gasteiger partial charge in [-0.2, -0.15) is 4.31 Å². The number of sulfonamides is 1. The van der Waals surface area contributed by atoms with E-state index in [0.717, 1.165) is 30.4 Å². The minimum atomic E-state index is -3.53. The van der Waals surface area contributed by atoms with E-state index in [1.165, 1.54) is 16.3 Å². The second-order valence-electron chi connectivity index (χ2n) is 8.47. The molecular formula is C24H31N3O4S. The van der Waals surface area contributed by atoms with Crippen LogP contribution < -0.4 is 10.1 Å². The summed E-state index contributed by atoms with van der Waals surface area (Å²) in [7, 11) is -3.53. The first-order chi connectivity index (χ1) is 15.5. The molecule has 1 amide bonds. The summed E-state index contributed by atoms with van der Waals surface area (Å²) in [5.74, 6) is 0.323. The number of hydrogen-bond donors (Lipinski definition) is 1. The molecule has 0 spiro atoms. The summed E-state index contributed by atoms with van der Waals surface area (Å²) in [6.07, 6.45) is 6.98. The largest absolute Gasteiger partial charge is 0.478 e. The SMILES string of the molecule is CCOc1cc(CNC(=O)C2CCN(S(=O)(=O)c3ccc4c(c3)CCCC4)CC2)ccn1. The monoisotopic (exact) mass is 457 g/mol. The van der Waals surface area contributed by atoms with Crippen molar-refractivity contribution in [2.24, 2.45) is 5.92 Å². The number of amides is 1. The number of aryl methyl sites for hydroxylation is 2. The van der Waals surface area contributed by atoms with Gasteiger partial charge in [0.2, 0.25) is 21.8 Å². The minimum Gasteiger partial charge on any atom is -0.478 e. The van der Waals surface area contributed by atoms with Crippen LogP contribution in [0.2, 0.25) is 0 Å². The summed E-state index contributed by atoms with van der Waals surface area (Å²) in [6.45, 7) is 3.56. The molecule has 1 saturated heterocycles. The zero-order chi connectivity index (χ0) is 22.6. The number of aromatic nitrogens is 1. The molecule has 0 bridgehead atoms. The van der Waals surface area contributed by atoms with Crippen LogP contribution in [-0.4, -0.2) is 43.3 Å². The molecule has 0 atom stereocenters. The van der Waals surface area contributed by atoms with E-state index in [-0.39, 0.29) is 11.8 Å². The molecule has 1 N–H and O–H groups in total. The summed E-state index contributed by atoms with van der Waals surface area (Å²) in [6, 6.07) is 9.23. The molecule has 0 unspecified atom stereocenters. The van der Waals surface area contributed by atoms with Crippen LogP contribution >= 0.6 is 0 Å². The normalized spacial score (nSPS) is 17.5. The summed E-state index contributed by atoms with van der Waals surface area (Å²) in [5, 5.41) is 2.97. The van der Waals surface area contributed by atoms with Crippen molar-refractivity contribution in [2.45, 2.75) is 56.9 Å². The molecule has 2 aliphatic rings. The Bertz CT molecular complexity index is 1060. The van der Waals surface area contributed by atoms with Gasteiger partial charge in [0.1, 0.15) is 0 Å². The van der Waals surface area contributed by atoms with Crippen molar-refractivity contribution in [1.29, 1.82) is 0 Å². The van der Waals surface area contributed by atoms with Gasteiger partial charge in [0, 0.05) is 37.8 Å². The molecule has 1 fully saturated rings. The van der Waals surface area contributed by atoms with Gasteiger partial charge in [0.25, 0.3) is 0 Å². The number of piperidine rings is 1. The number of fused-ring (bicyclic) bond motifs is 1. The maximum absolute atomic E-state index is 13.2. The Hall–Kier alpha value is -2.45. The van der Waals surface area contributed by atoms with Crippen molar-refractivity contribution in [3.63, 3.8) is 0 Å². The molecule has 8 heteroatoms. The number of hydrogen-bond acceptors (Lipinski definition) is 5. The maximum atomic E-state index is 13.2. The lowest BCUT2D eigenvalue weighted by Gasteiger charge is -2.31. The van der Waals surface area contributed by atoms with Crippen molar-refractivity contribution in [3.05, 3.63) is 53.2 Å². The quantitative estimate of drug-likeness (QED) is 0.690. The van der Waals surface area contributed by atoms with Crippen LogP contribution in [0.4, 0.5) is 0 Å². The fourth-order valence-corrected chi connectivity index (χ4v) is 6.02. The molecule has 2 heterocycles. The summed E-state index contributed by atoms with van der Waals surface area (Å²) >= 11 is 0. The molecule has 1 aromatic carbocycles. The average molecular weight is 458 g/mol. The van der Waals surface area contributed by atoms with Crippen LogP contribution in [0.5, 0.6) is 5.88 Å². The maximum Gasteiger partial charge on any atom is 0.243 e. The Morgan fingerprint density at radius 3 is 2.62 bits per heavy atom. The van der Waals surface area contributed by atoms with Gasteiger partial charge in [0.05, 0.1) is 11.5 Å². The molecule has 1 aromatic heterocycles. The lowest BCUT2D eigenvalue weighted by atomic mass is 9.92. The topological polar surface area (TPSA) is 88.6 Å². The number of ether oxygens (including phenoxy) is 1. The lowest BCUT2D eigenvalue weighted by molar-refractivity contribution is -0.126. The van der Waals surface area contributed by atoms with E-state index in [1.54, 1.807) is 12.3 Å². The molecule has 4 rings (SSSR count). The highest BCUT2D eigenvalue weighted by Crippen LogP contribution is 2.28. The number of carbonyl (C=O) groups is 1. The van der Waals surface area contributed by atoms with E-state index in [2.05, 4.69) is 10.3 Å². The third-order valence-corrected chi connectivity index (χ3v) is 8.24. The van der Waals surface area contributed by atoms with Crippen LogP contribution in [-0.2, 0) is 34.2 Å². The molecule has 0 saturated carbocycles. The highest BCUT2D eigenvalue weighted by Gasteiger charge is 2.32. The van der Waals surface area contributed by atoms with Crippen molar-refractivity contribution in [1.82, 2.24) is 14.6 Å². The van der Waals surface area contributed by atoms with Crippen LogP contribution in [0.25, 0.3) is 0 Å². The summed E-state index contributed by atoms with van der Waals surface area (Å²) in [5.41, 5.74) is 3.35. The second kappa shape index (κ2) is 10.0. The van der Waals surface area contributed by atoms with E-state index >= 15 is 0 Å². The number of benzene rings is 1. The Kier molecular flexibility index (Phi) is 7.10. The van der Waals surface area contributed by atoms with Crippen LogP contribution in [0.1, 0.15) is 49.3 Å². The first-order valence-corrected chi connectivity index (χ1v) is 12.9. The second-order valence-corrected chi connectivity index (χ2v) is 10.4. The highest BCUT2D eigenvalue weighted by atomic mass is 32.2. The predicted molar refractivity (Wildman–Crippen MR) is 122 cm³/mol. The van der Waals surface area contributed by atoms with Gasteiger partial charge in [-0.05, 0) is 80.3 Å². The molecule has 2 aromatic rings. The fraction of sp³-hybridized carbons (Fsp3) is 0.500. The molecule has 7 nitrogen and oxygen atoms in total. The Morgan fingerprint density at radius 1 is 1.12 bits per heavy atom. The summed E-state index contributed by atoms with van der Waals surface area (Å²) in [4.78, 5) is 17.2. The van der Waals surface area contributed by atoms with E-state index in [1.807, 2.05) is 31.2 Å². The Balaban J connectivity index is 1.32. The molecular weight excluding hydrogens is 426 g/mol. The van der Waals surface area contributed by atoms with Crippen LogP contribution in [0.3, 0.4) is 0 Å². The Morgan fingerprint density at radius 2 is 1.88 bits per heavy atom. The van der Waals surface area contributed by atoms with Crippen molar-refractivity contribution in [3.8, 4) is 5.88 Å². The van der Waals surface area contributed by atoms with Crippen LogP contribution in [0, 0.1) is 5.92 Å². The molecule has 172 valence electrons. The molecule has 1 aliphatic carbocycles. The standard InChI is InChI=1S/C24H31N3O4S/c1-2-31-23-15-18(9-12-25-23)17-26-24(28)20-10-13-27(14-11-20)32(29,30)22-8-7-19-5-3-4-6-21(19)16-22/h7-9,12,15-16,20H,2-6,10-11,13-14,17H2,1H3,(H,26,28). The molecule has 0 radical (unpaired) electrons. The zero-order valence-electron chi connectivity index (χ0n) is 18.5. The van der Waals surface area contributed by atoms with Gasteiger partial charge in [-0.3, -0.25) is 4.79 Å². The number of nitrogens with zero attached hydrogens (tertiary/aromatic N) is 2. The first kappa shape index (κ1) is 22.7. The van der Waals surface area contributed by atoms with Crippen molar-refractivity contribution in [2.75, 3.05) is 19.7 Å². The number of rotatable bonds is 7. The average Bonchev–Trinajstić information content (AvgIpc) is 2.83. The first-order valence-electron chi connectivity index (χ1n) is 11.4. The van der Waals surface area contributed by atoms with Gasteiger partial charge in [0.15, 0.2) is 0 Å². The minimum absolute atomic E-state index is 0.0365. The lowest BCUT2D eigenvalue weighted by Crippen LogP contribution is -2.42. The predicted octanol–water partition coefficient (Wildman–Crippen LogP) is 3.08. The highest BCUT2D eigenvalue weighted by molar-refractivity contribution is 7.89. The zero-order valence-corrected chi connectivity index (χ0v) is 19.4. The third kappa shape index (κ3) is 5.13. The van der Waals surface area contributed by atoms with Gasteiger partial charge in [-0.1, -0.05) is 6.07 Å². The fourth-order valence-electron chi connectivity index (χ4n) is 4.50. The third-order valence-electron chi connectivity index (χ3n) is 6.34. The van der Waals surface area contributed by atoms with Crippen LogP contribution in [0.15, 0.2) is 41.4 Å². The van der Waals surface area contributed by atoms with E-state index < -0.39 is 10.0 Å². The van der Waals surface area contributed by atoms with Gasteiger partial charge in [-0.25, -0.2) is 13.4 Å². The summed E-state index contributed by atoms with van der Waals surface area (Å²) < 4.78 is 33.2. The smallest absolute Gasteiger partial charge is 0.243 e. The van der Waals surface area contributed by atoms with Gasteiger partial charge < -0.3 is 10.1 Å². The van der Waals surface area contributed by atoms with Crippen molar-refractivity contribution >= 4 is 15.9 Å². The van der Waals surface area contributed by atoms with E-state index in [9.17, 15) is 13.2 Å².